The maximum absolute atomic E-state index is 11.4. The van der Waals surface area contributed by atoms with Crippen LogP contribution in [-0.4, -0.2) is 134 Å². The molecular formula is C34H48N6O11. The number of aliphatic hydroxyl groups excluding tert-OH is 1. The van der Waals surface area contributed by atoms with Gasteiger partial charge in [-0.2, -0.15) is 15.8 Å². The van der Waals surface area contributed by atoms with Gasteiger partial charge in [0.25, 0.3) is 0 Å². The molecule has 0 spiro atoms. The number of carbonyl (C=O) groups is 2. The molecule has 0 radical (unpaired) electrons. The van der Waals surface area contributed by atoms with Crippen molar-refractivity contribution in [1.82, 2.24) is 0 Å². The number of nitriles is 3. The number of ether oxygens (including phenoxy) is 7. The molecule has 0 aromatic rings. The molecule has 51 heavy (non-hydrogen) atoms. The van der Waals surface area contributed by atoms with Crippen molar-refractivity contribution < 1.29 is 53.0 Å². The van der Waals surface area contributed by atoms with E-state index >= 15 is 0 Å². The molecule has 0 unspecified atom stereocenters. The Balaban J connectivity index is -0.000000805. The van der Waals surface area contributed by atoms with E-state index in [9.17, 15) is 14.7 Å². The first-order chi connectivity index (χ1) is 24.6. The highest BCUT2D eigenvalue weighted by molar-refractivity contribution is 5.81. The number of carbonyl (C=O) groups excluding carboxylic acids is 1. The molecule has 0 heterocycles. The van der Waals surface area contributed by atoms with E-state index in [2.05, 4.69) is 27.7 Å². The lowest BCUT2D eigenvalue weighted by Crippen LogP contribution is -2.42. The quantitative estimate of drug-likeness (QED) is 0.0491. The second-order valence-electron chi connectivity index (χ2n) is 10.2. The molecule has 0 aliphatic carbocycles. The first kappa shape index (κ1) is 50.5. The second kappa shape index (κ2) is 37.9. The molecule has 0 saturated heterocycles. The van der Waals surface area contributed by atoms with E-state index in [1.807, 2.05) is 18.2 Å². The van der Waals surface area contributed by atoms with Gasteiger partial charge in [0.05, 0.1) is 114 Å². The zero-order chi connectivity index (χ0) is 38.9. The fraction of sp³-hybridized carbons (Fsp3) is 0.647. The summed E-state index contributed by atoms with van der Waals surface area (Å²) in [6.45, 7) is 29.6. The standard InChI is InChI=1S/C17H23N3O5.C14H21N3O4.C3H4O2/c1-4-16(21)25-15-17(12-22-9-5-6-18,13-23-10-7-19-2)14-24-11-8-20-3;1-17-6-9-21-13-14(10-18,11-19-7-2-4-15)12-20-8-3-5-16;1-2-3(4)5/h4H,1,5,7-15H2;18H,2-3,6-13H2;2H,1H2,(H,4,5). The van der Waals surface area contributed by atoms with Gasteiger partial charge in [-0.25, -0.2) is 29.3 Å². The van der Waals surface area contributed by atoms with Crippen molar-refractivity contribution in [1.29, 1.82) is 15.8 Å². The number of hydrogen-bond acceptors (Lipinski definition) is 13. The molecule has 17 nitrogen and oxygen atoms in total. The highest BCUT2D eigenvalue weighted by atomic mass is 16.5. The van der Waals surface area contributed by atoms with Crippen LogP contribution in [0.3, 0.4) is 0 Å². The second-order valence-corrected chi connectivity index (χ2v) is 10.2. The SMILES string of the molecule is C=CC(=O)O.[C-]#[N+]CCOCC(CO)(COCCC#N)COCCC#N.[C-]#[N+]CCOCC(COCCC#N)(COCC[N+]#[C-])COC(=O)C=C. The molecule has 17 heteroatoms. The van der Waals surface area contributed by atoms with Gasteiger partial charge in [0.1, 0.15) is 26.4 Å². The molecule has 0 bridgehead atoms. The van der Waals surface area contributed by atoms with Crippen LogP contribution >= 0.6 is 0 Å². The summed E-state index contributed by atoms with van der Waals surface area (Å²) in [7, 11) is 0. The van der Waals surface area contributed by atoms with E-state index in [0.717, 1.165) is 12.2 Å². The van der Waals surface area contributed by atoms with Crippen molar-refractivity contribution in [3.05, 3.63) is 59.6 Å². The minimum atomic E-state index is -0.981. The predicted molar refractivity (Wildman–Crippen MR) is 181 cm³/mol. The normalized spacial score (nSPS) is 10.0. The number of carboxylic acid groups (broad SMARTS) is 1. The van der Waals surface area contributed by atoms with Crippen molar-refractivity contribution in [3.63, 3.8) is 0 Å². The van der Waals surface area contributed by atoms with Gasteiger partial charge in [0, 0.05) is 12.2 Å². The summed E-state index contributed by atoms with van der Waals surface area (Å²) in [6, 6.07) is 5.93. The molecule has 0 aromatic carbocycles. The smallest absolute Gasteiger partial charge is 0.330 e. The van der Waals surface area contributed by atoms with Gasteiger partial charge in [-0.15, -0.1) is 0 Å². The van der Waals surface area contributed by atoms with E-state index in [1.54, 1.807) is 0 Å². The Morgan fingerprint density at radius 3 is 1.18 bits per heavy atom. The van der Waals surface area contributed by atoms with Crippen LogP contribution < -0.4 is 0 Å². The van der Waals surface area contributed by atoms with Crippen LogP contribution in [-0.2, 0) is 42.7 Å². The fourth-order valence-electron chi connectivity index (χ4n) is 3.21. The van der Waals surface area contributed by atoms with Gasteiger partial charge < -0.3 is 57.9 Å². The van der Waals surface area contributed by atoms with Gasteiger partial charge >= 0.3 is 11.9 Å². The molecule has 0 aliphatic heterocycles. The summed E-state index contributed by atoms with van der Waals surface area (Å²) < 4.78 is 37.8. The van der Waals surface area contributed by atoms with Gasteiger partial charge in [-0.3, -0.25) is 0 Å². The Hall–Kier alpha value is -4.92. The monoisotopic (exact) mass is 716 g/mol. The van der Waals surface area contributed by atoms with Crippen molar-refractivity contribution in [2.45, 2.75) is 19.3 Å². The third-order valence-electron chi connectivity index (χ3n) is 5.76. The summed E-state index contributed by atoms with van der Waals surface area (Å²) >= 11 is 0. The summed E-state index contributed by atoms with van der Waals surface area (Å²) in [5, 5.41) is 42.7. The van der Waals surface area contributed by atoms with Gasteiger partial charge in [0.2, 0.25) is 19.6 Å². The predicted octanol–water partition coefficient (Wildman–Crippen LogP) is 2.52. The number of rotatable bonds is 29. The van der Waals surface area contributed by atoms with Crippen LogP contribution in [0.4, 0.5) is 0 Å². The Bertz CT molecular complexity index is 1100. The number of aliphatic carboxylic acids is 1. The highest BCUT2D eigenvalue weighted by Crippen LogP contribution is 2.22. The number of nitrogens with zero attached hydrogens (tertiary/aromatic N) is 6. The van der Waals surface area contributed by atoms with E-state index in [1.165, 1.54) is 0 Å². The van der Waals surface area contributed by atoms with Crippen LogP contribution in [0.1, 0.15) is 19.3 Å². The average molecular weight is 717 g/mol. The van der Waals surface area contributed by atoms with Gasteiger partial charge in [-0.1, -0.05) is 13.2 Å². The molecular weight excluding hydrogens is 668 g/mol. The highest BCUT2D eigenvalue weighted by Gasteiger charge is 2.34. The maximum atomic E-state index is 11.4. The maximum Gasteiger partial charge on any atom is 0.330 e. The minimum absolute atomic E-state index is 0.0273. The molecule has 0 aromatic heterocycles. The van der Waals surface area contributed by atoms with E-state index in [4.69, 9.17) is 73.8 Å². The number of carboxylic acids is 1. The Morgan fingerprint density at radius 1 is 0.608 bits per heavy atom. The number of hydrogen-bond donors (Lipinski definition) is 2. The zero-order valence-electron chi connectivity index (χ0n) is 29.0. The van der Waals surface area contributed by atoms with E-state index in [-0.39, 0.29) is 131 Å². The first-order valence-electron chi connectivity index (χ1n) is 15.5. The van der Waals surface area contributed by atoms with Crippen LogP contribution in [0.25, 0.3) is 14.5 Å². The fourth-order valence-corrected chi connectivity index (χ4v) is 3.21. The number of esters is 1. The van der Waals surface area contributed by atoms with Gasteiger partial charge in [0.15, 0.2) is 0 Å². The lowest BCUT2D eigenvalue weighted by Gasteiger charge is -2.32. The van der Waals surface area contributed by atoms with E-state index in [0.29, 0.717) is 0 Å². The average Bonchev–Trinajstić information content (AvgIpc) is 3.14. The molecule has 0 atom stereocenters. The molecule has 0 fully saturated rings. The van der Waals surface area contributed by atoms with Crippen molar-refractivity contribution in [2.75, 3.05) is 112 Å². The van der Waals surface area contributed by atoms with Crippen molar-refractivity contribution in [2.24, 2.45) is 10.8 Å². The summed E-state index contributed by atoms with van der Waals surface area (Å²) in [4.78, 5) is 30.3. The third-order valence-corrected chi connectivity index (χ3v) is 5.76. The molecule has 0 aliphatic rings. The summed E-state index contributed by atoms with van der Waals surface area (Å²) in [6.07, 6.45) is 2.67. The summed E-state index contributed by atoms with van der Waals surface area (Å²) in [5.41, 5.74) is -1.54. The number of aliphatic hydroxyl groups is 1. The van der Waals surface area contributed by atoms with Crippen LogP contribution in [0.2, 0.25) is 0 Å². The molecule has 0 rings (SSSR count). The Morgan fingerprint density at radius 2 is 0.922 bits per heavy atom. The molecule has 0 saturated carbocycles. The Labute approximate surface area is 300 Å². The molecule has 2 N–H and O–H groups in total. The zero-order valence-corrected chi connectivity index (χ0v) is 29.0. The largest absolute Gasteiger partial charge is 0.478 e. The molecule has 280 valence electrons. The van der Waals surface area contributed by atoms with Crippen molar-refractivity contribution in [3.8, 4) is 18.2 Å². The Kier molecular flexibility index (Phi) is 37.5. The van der Waals surface area contributed by atoms with Crippen LogP contribution in [0, 0.1) is 64.5 Å². The lowest BCUT2D eigenvalue weighted by molar-refractivity contribution is -0.150. The van der Waals surface area contributed by atoms with Gasteiger partial charge in [-0.05, 0) is 0 Å². The first-order valence-corrected chi connectivity index (χ1v) is 15.5. The van der Waals surface area contributed by atoms with Crippen LogP contribution in [0.15, 0.2) is 25.3 Å². The third kappa shape index (κ3) is 33.4. The minimum Gasteiger partial charge on any atom is -0.478 e. The van der Waals surface area contributed by atoms with E-state index < -0.39 is 22.8 Å². The summed E-state index contributed by atoms with van der Waals surface area (Å²) in [5.74, 6) is -1.56. The van der Waals surface area contributed by atoms with Crippen molar-refractivity contribution >= 4 is 11.9 Å². The topological polar surface area (TPSA) is 224 Å². The van der Waals surface area contributed by atoms with Crippen LogP contribution in [0.5, 0.6) is 0 Å². The lowest BCUT2D eigenvalue weighted by atomic mass is 9.92. The molecule has 0 amide bonds.